The van der Waals surface area contributed by atoms with Crippen LogP contribution in [0.1, 0.15) is 66.4 Å². The van der Waals surface area contributed by atoms with Crippen molar-refractivity contribution in [3.05, 3.63) is 59.2 Å². The van der Waals surface area contributed by atoms with Crippen LogP contribution in [0.25, 0.3) is 11.1 Å². The minimum Gasteiger partial charge on any atom is -0.480 e. The smallest absolute Gasteiger partial charge is 0.326 e. The first-order valence-corrected chi connectivity index (χ1v) is 19.6. The number of rotatable bonds is 14. The lowest BCUT2D eigenvalue weighted by Crippen LogP contribution is -2.44. The van der Waals surface area contributed by atoms with Crippen LogP contribution >= 0.6 is 0 Å². The Kier molecular flexibility index (Phi) is 12.2. The molecule has 10 nitrogen and oxygen atoms in total. The number of carboxylic acid groups (broad SMARTS) is 1. The first-order chi connectivity index (χ1) is 21.3. The molecule has 12 heteroatoms. The van der Waals surface area contributed by atoms with Gasteiger partial charge in [0.25, 0.3) is 5.91 Å². The molecule has 2 aromatic carbocycles. The topological polar surface area (TPSA) is 147 Å². The van der Waals surface area contributed by atoms with Crippen molar-refractivity contribution < 1.29 is 36.3 Å². The van der Waals surface area contributed by atoms with Gasteiger partial charge in [0.15, 0.2) is 9.84 Å². The summed E-state index contributed by atoms with van der Waals surface area (Å²) < 4.78 is 53.8. The molecule has 2 N–H and O–H groups in total. The van der Waals surface area contributed by atoms with Crippen molar-refractivity contribution >= 4 is 31.6 Å². The fourth-order valence-electron chi connectivity index (χ4n) is 6.23. The van der Waals surface area contributed by atoms with E-state index in [0.717, 1.165) is 29.4 Å². The predicted molar refractivity (Wildman–Crippen MR) is 175 cm³/mol. The largest absolute Gasteiger partial charge is 0.480 e. The second-order valence-corrected chi connectivity index (χ2v) is 17.2. The van der Waals surface area contributed by atoms with Crippen LogP contribution < -0.4 is 5.32 Å². The lowest BCUT2D eigenvalue weighted by atomic mass is 9.85. The molecule has 2 fully saturated rings. The molecular weight excluding hydrogens is 617 g/mol. The highest BCUT2D eigenvalue weighted by Crippen LogP contribution is 2.31. The van der Waals surface area contributed by atoms with Gasteiger partial charge in [-0.25, -0.2) is 21.6 Å². The number of sulfone groups is 2. The van der Waals surface area contributed by atoms with Crippen LogP contribution in [0.4, 0.5) is 0 Å². The number of hydrogen-bond acceptors (Lipinski definition) is 8. The SMILES string of the molecule is Cc1ccccc1-c1cc(COC(CC2CCCCC2)CN2CCS(=O)(=O)CC2)ccc1C(=O)NC(CCS(C)(=O)=O)C(=O)O. The van der Waals surface area contributed by atoms with Gasteiger partial charge >= 0.3 is 5.97 Å². The third-order valence-corrected chi connectivity index (χ3v) is 11.4. The molecule has 1 saturated heterocycles. The molecule has 1 amide bonds. The second-order valence-electron chi connectivity index (χ2n) is 12.6. The van der Waals surface area contributed by atoms with E-state index in [9.17, 15) is 31.5 Å². The van der Waals surface area contributed by atoms with Crippen LogP contribution in [0.3, 0.4) is 0 Å². The van der Waals surface area contributed by atoms with E-state index in [-0.39, 0.29) is 35.3 Å². The number of hydrogen-bond donors (Lipinski definition) is 2. The van der Waals surface area contributed by atoms with E-state index >= 15 is 0 Å². The maximum atomic E-state index is 13.5. The van der Waals surface area contributed by atoms with Crippen LogP contribution in [-0.2, 0) is 35.8 Å². The van der Waals surface area contributed by atoms with Crippen molar-refractivity contribution in [2.45, 2.75) is 70.6 Å². The molecule has 248 valence electrons. The molecule has 1 aliphatic heterocycles. The van der Waals surface area contributed by atoms with Gasteiger partial charge < -0.3 is 15.2 Å². The number of amides is 1. The van der Waals surface area contributed by atoms with Crippen molar-refractivity contribution in [3.8, 4) is 11.1 Å². The Balaban J connectivity index is 1.55. The Morgan fingerprint density at radius 1 is 1.04 bits per heavy atom. The molecule has 1 heterocycles. The molecule has 2 aliphatic rings. The lowest BCUT2D eigenvalue weighted by Gasteiger charge is -2.33. The number of nitrogens with zero attached hydrogens (tertiary/aromatic N) is 1. The number of carboxylic acids is 1. The van der Waals surface area contributed by atoms with Gasteiger partial charge in [-0.2, -0.15) is 0 Å². The minimum absolute atomic E-state index is 0.0649. The molecule has 2 atom stereocenters. The van der Waals surface area contributed by atoms with Crippen LogP contribution in [0, 0.1) is 12.8 Å². The summed E-state index contributed by atoms with van der Waals surface area (Å²) in [6.07, 6.45) is 7.70. The van der Waals surface area contributed by atoms with Gasteiger partial charge in [0, 0.05) is 31.5 Å². The summed E-state index contributed by atoms with van der Waals surface area (Å²) in [7, 11) is -6.39. The number of nitrogens with one attached hydrogen (secondary N) is 1. The zero-order valence-corrected chi connectivity index (χ0v) is 27.9. The molecule has 2 unspecified atom stereocenters. The average molecular weight is 663 g/mol. The number of aryl methyl sites for hydroxylation is 1. The highest BCUT2D eigenvalue weighted by molar-refractivity contribution is 7.91. The molecule has 45 heavy (non-hydrogen) atoms. The van der Waals surface area contributed by atoms with Crippen molar-refractivity contribution in [1.82, 2.24) is 10.2 Å². The molecule has 1 aliphatic carbocycles. The Morgan fingerprint density at radius 3 is 2.38 bits per heavy atom. The zero-order valence-electron chi connectivity index (χ0n) is 26.2. The molecule has 2 aromatic rings. The number of carbonyl (C=O) groups excluding carboxylic acids is 1. The number of ether oxygens (including phenoxy) is 1. The van der Waals surface area contributed by atoms with E-state index in [0.29, 0.717) is 37.7 Å². The van der Waals surface area contributed by atoms with Crippen LogP contribution in [-0.4, -0.2) is 94.0 Å². The highest BCUT2D eigenvalue weighted by atomic mass is 32.2. The van der Waals surface area contributed by atoms with E-state index in [4.69, 9.17) is 4.74 Å². The Morgan fingerprint density at radius 2 is 1.73 bits per heavy atom. The average Bonchev–Trinajstić information content (AvgIpc) is 2.99. The van der Waals surface area contributed by atoms with Gasteiger partial charge in [0.2, 0.25) is 0 Å². The van der Waals surface area contributed by atoms with Gasteiger partial charge in [0.05, 0.1) is 30.0 Å². The monoisotopic (exact) mass is 662 g/mol. The standard InChI is InChI=1S/C33H46N2O8S2/c1-24-8-6-7-11-28(24)30-21-26(12-13-29(30)32(36)34-31(33(37)38)14-17-44(2,39)40)23-43-27(20-25-9-4-3-5-10-25)22-35-15-18-45(41,42)19-16-35/h6-8,11-13,21,25,27,31H,3-5,9-10,14-20,22-23H2,1-2H3,(H,34,36)(H,37,38). The molecule has 0 bridgehead atoms. The summed E-state index contributed by atoms with van der Waals surface area (Å²) in [4.78, 5) is 27.5. The summed E-state index contributed by atoms with van der Waals surface area (Å²) in [5.74, 6) is -1.34. The van der Waals surface area contributed by atoms with Gasteiger partial charge in [-0.3, -0.25) is 9.69 Å². The van der Waals surface area contributed by atoms with Crippen molar-refractivity contribution in [2.24, 2.45) is 5.92 Å². The third kappa shape index (κ3) is 10.9. The first-order valence-electron chi connectivity index (χ1n) is 15.7. The Bertz CT molecular complexity index is 1540. The summed E-state index contributed by atoms with van der Waals surface area (Å²) in [6, 6.07) is 11.6. The Labute approximate surface area is 267 Å². The summed E-state index contributed by atoms with van der Waals surface area (Å²) >= 11 is 0. The Hall–Kier alpha value is -2.80. The third-order valence-electron chi connectivity index (χ3n) is 8.85. The zero-order chi connectivity index (χ0) is 32.6. The van der Waals surface area contributed by atoms with Crippen LogP contribution in [0.2, 0.25) is 0 Å². The summed E-state index contributed by atoms with van der Waals surface area (Å²) in [5, 5.41) is 12.2. The normalized spacial score (nSPS) is 19.1. The quantitative estimate of drug-likeness (QED) is 0.308. The highest BCUT2D eigenvalue weighted by Gasteiger charge is 2.27. The summed E-state index contributed by atoms with van der Waals surface area (Å²) in [6.45, 7) is 3.92. The molecule has 0 spiro atoms. The molecule has 0 aromatic heterocycles. The summed E-state index contributed by atoms with van der Waals surface area (Å²) in [5.41, 5.74) is 3.52. The molecule has 1 saturated carbocycles. The van der Waals surface area contributed by atoms with Crippen molar-refractivity contribution in [2.75, 3.05) is 43.1 Å². The molecule has 4 rings (SSSR count). The first kappa shape index (κ1) is 35.1. The lowest BCUT2D eigenvalue weighted by molar-refractivity contribution is -0.139. The fourth-order valence-corrected chi connectivity index (χ4v) is 8.17. The van der Waals surface area contributed by atoms with Crippen molar-refractivity contribution in [1.29, 1.82) is 0 Å². The maximum Gasteiger partial charge on any atom is 0.326 e. The van der Waals surface area contributed by atoms with E-state index in [2.05, 4.69) is 10.2 Å². The van der Waals surface area contributed by atoms with E-state index in [1.54, 1.807) is 12.1 Å². The van der Waals surface area contributed by atoms with E-state index < -0.39 is 37.6 Å². The van der Waals surface area contributed by atoms with E-state index in [1.807, 2.05) is 37.3 Å². The molecular formula is C33H46N2O8S2. The fraction of sp³-hybridized carbons (Fsp3) is 0.576. The number of carbonyl (C=O) groups is 2. The van der Waals surface area contributed by atoms with Crippen LogP contribution in [0.15, 0.2) is 42.5 Å². The van der Waals surface area contributed by atoms with Crippen LogP contribution in [0.5, 0.6) is 0 Å². The van der Waals surface area contributed by atoms with Gasteiger partial charge in [-0.1, -0.05) is 62.4 Å². The number of benzene rings is 2. The minimum atomic E-state index is -3.41. The van der Waals surface area contributed by atoms with Gasteiger partial charge in [-0.05, 0) is 60.1 Å². The second kappa shape index (κ2) is 15.7. The van der Waals surface area contributed by atoms with Gasteiger partial charge in [-0.15, -0.1) is 0 Å². The molecule has 0 radical (unpaired) electrons. The maximum absolute atomic E-state index is 13.5. The van der Waals surface area contributed by atoms with Gasteiger partial charge in [0.1, 0.15) is 15.9 Å². The van der Waals surface area contributed by atoms with E-state index in [1.165, 1.54) is 32.1 Å². The predicted octanol–water partition coefficient (Wildman–Crippen LogP) is 3.87. The van der Waals surface area contributed by atoms with Crippen molar-refractivity contribution in [3.63, 3.8) is 0 Å². The number of aliphatic carboxylic acids is 1.